The number of ether oxygens (including phenoxy) is 2. The molecule has 5 heterocycles. The van der Waals surface area contributed by atoms with Crippen molar-refractivity contribution in [2.45, 2.75) is 55.3 Å². The Hall–Kier alpha value is -4.22. The molecule has 0 spiro atoms. The lowest BCUT2D eigenvalue weighted by atomic mass is 9.92. The van der Waals surface area contributed by atoms with Gasteiger partial charge in [0.2, 0.25) is 6.54 Å². The summed E-state index contributed by atoms with van der Waals surface area (Å²) in [5.41, 5.74) is 5.63. The van der Waals surface area contributed by atoms with Gasteiger partial charge in [0.05, 0.1) is 19.0 Å². The molecule has 6 rings (SSSR count). The zero-order chi connectivity index (χ0) is 32.2. The Balaban J connectivity index is 1.08. The highest BCUT2D eigenvalue weighted by Crippen LogP contribution is 2.35. The molecule has 2 aromatic rings. The number of pyridine rings is 1. The van der Waals surface area contributed by atoms with Crippen molar-refractivity contribution in [1.82, 2.24) is 20.1 Å². The summed E-state index contributed by atoms with van der Waals surface area (Å²) in [5, 5.41) is 18.6. The molecular weight excluding hydrogens is 638 g/mol. The summed E-state index contributed by atoms with van der Waals surface area (Å²) in [6.07, 6.45) is 7.16. The van der Waals surface area contributed by atoms with Crippen molar-refractivity contribution in [3.05, 3.63) is 47.1 Å². The van der Waals surface area contributed by atoms with E-state index in [9.17, 15) is 24.3 Å². The number of oxime groups is 1. The predicted octanol–water partition coefficient (Wildman–Crippen LogP) is 0.349. The molecule has 2 atom stereocenters. The Morgan fingerprint density at radius 3 is 2.63 bits per heavy atom. The van der Waals surface area contributed by atoms with Crippen molar-refractivity contribution in [2.75, 3.05) is 44.4 Å². The van der Waals surface area contributed by atoms with E-state index in [1.165, 1.54) is 11.8 Å². The van der Waals surface area contributed by atoms with Gasteiger partial charge in [-0.1, -0.05) is 5.16 Å². The van der Waals surface area contributed by atoms with E-state index in [0.29, 0.717) is 26.3 Å². The van der Waals surface area contributed by atoms with Crippen molar-refractivity contribution in [2.24, 2.45) is 5.16 Å². The minimum Gasteiger partial charge on any atom is -0.492 e. The number of nitrogens with one attached hydrogen (secondary N) is 1. The molecule has 1 aliphatic carbocycles. The van der Waals surface area contributed by atoms with Crippen LogP contribution >= 0.6 is 23.1 Å². The van der Waals surface area contributed by atoms with Crippen molar-refractivity contribution in [1.29, 1.82) is 0 Å². The first-order valence-corrected chi connectivity index (χ1v) is 16.8. The Kier molecular flexibility index (Phi) is 9.70. The topological polar surface area (TPSA) is 190 Å². The first-order valence-electron chi connectivity index (χ1n) is 14.9. The van der Waals surface area contributed by atoms with Gasteiger partial charge in [0.15, 0.2) is 28.9 Å². The van der Waals surface area contributed by atoms with Crippen LogP contribution in [0.2, 0.25) is 0 Å². The van der Waals surface area contributed by atoms with Crippen LogP contribution in [0.25, 0.3) is 0 Å². The maximum absolute atomic E-state index is 13.3. The molecule has 0 radical (unpaired) electrons. The van der Waals surface area contributed by atoms with Crippen LogP contribution in [0.4, 0.5) is 5.13 Å². The van der Waals surface area contributed by atoms with E-state index >= 15 is 0 Å². The molecule has 2 aromatic heterocycles. The van der Waals surface area contributed by atoms with Gasteiger partial charge in [0, 0.05) is 35.5 Å². The Morgan fingerprint density at radius 2 is 1.96 bits per heavy atom. The zero-order valence-electron chi connectivity index (χ0n) is 24.8. The van der Waals surface area contributed by atoms with Crippen molar-refractivity contribution < 1.29 is 43.2 Å². The monoisotopic (exact) mass is 672 g/mol. The molecule has 0 bridgehead atoms. The van der Waals surface area contributed by atoms with Crippen LogP contribution in [0, 0.1) is 0 Å². The van der Waals surface area contributed by atoms with Gasteiger partial charge in [0.25, 0.3) is 17.7 Å². The highest BCUT2D eigenvalue weighted by molar-refractivity contribution is 7.99. The summed E-state index contributed by atoms with van der Waals surface area (Å²) < 4.78 is 12.9. The number of carboxylic acids is 1. The summed E-state index contributed by atoms with van der Waals surface area (Å²) in [6.45, 7) is 2.43. The van der Waals surface area contributed by atoms with Crippen LogP contribution in [-0.4, -0.2) is 106 Å². The Bertz CT molecular complexity index is 1550. The number of thiazole rings is 1. The van der Waals surface area contributed by atoms with Crippen molar-refractivity contribution in [3.63, 3.8) is 0 Å². The Labute approximate surface area is 272 Å². The first-order chi connectivity index (χ1) is 22.3. The van der Waals surface area contributed by atoms with Gasteiger partial charge >= 0.3 is 5.97 Å². The number of anilines is 1. The third kappa shape index (κ3) is 6.95. The third-order valence-electron chi connectivity index (χ3n) is 8.13. The zero-order valence-corrected chi connectivity index (χ0v) is 26.5. The number of carboxylic acid groups (broad SMARTS) is 1. The van der Waals surface area contributed by atoms with Gasteiger partial charge < -0.3 is 35.4 Å². The molecule has 4 aliphatic rings. The fourth-order valence-corrected chi connectivity index (χ4v) is 7.04. The maximum Gasteiger partial charge on any atom is 0.356 e. The van der Waals surface area contributed by atoms with Crippen LogP contribution in [-0.2, 0) is 40.0 Å². The lowest BCUT2D eigenvalue weighted by Crippen LogP contribution is -2.73. The molecule has 46 heavy (non-hydrogen) atoms. The molecular formula is C29H34N7O8S2+. The molecule has 3 amide bonds. The van der Waals surface area contributed by atoms with Crippen LogP contribution in [0.1, 0.15) is 31.4 Å². The second-order valence-electron chi connectivity index (χ2n) is 11.1. The first kappa shape index (κ1) is 31.7. The number of morpholine rings is 1. The normalized spacial score (nSPS) is 21.8. The smallest absolute Gasteiger partial charge is 0.356 e. The molecule has 0 aromatic carbocycles. The Morgan fingerprint density at radius 1 is 1.22 bits per heavy atom. The van der Waals surface area contributed by atoms with Gasteiger partial charge in [-0.2, -0.15) is 4.57 Å². The molecule has 4 N–H and O–H groups in total. The van der Waals surface area contributed by atoms with Crippen molar-refractivity contribution >= 4 is 57.6 Å². The number of aromatic nitrogens is 2. The van der Waals surface area contributed by atoms with E-state index in [1.54, 1.807) is 27.2 Å². The molecule has 244 valence electrons. The molecule has 15 nitrogen and oxygen atoms in total. The lowest BCUT2D eigenvalue weighted by molar-refractivity contribution is -0.685. The van der Waals surface area contributed by atoms with Gasteiger partial charge in [-0.3, -0.25) is 19.3 Å². The number of carbonyl (C=O) groups excluding carboxylic acids is 3. The number of hydrogen-bond acceptors (Lipinski definition) is 12. The van der Waals surface area contributed by atoms with Gasteiger partial charge in [0.1, 0.15) is 36.2 Å². The molecule has 17 heteroatoms. The summed E-state index contributed by atoms with van der Waals surface area (Å²) in [4.78, 5) is 64.9. The molecule has 3 aliphatic heterocycles. The standard InChI is InChI=1S/C29H33N7O8S2/c30-29-31-19(15-46-29)23(33-44-17-3-1-2-4-17)26(38)32-24-20-14-43-21(25(28(40)41)36(20)27(24)39)16-45-18-5-7-34(8-6-18)13-22(37)35-9-11-42-12-10-35/h5-8,15,17,20,24H,1-4,9-14,16H2,(H3-,30,31,32,38,40,41)/p+1/b33-23-/t20-,24+/m1/s1. The van der Waals surface area contributed by atoms with E-state index in [1.807, 2.05) is 12.1 Å². The number of nitrogens with zero attached hydrogens (tertiary/aromatic N) is 5. The second-order valence-corrected chi connectivity index (χ2v) is 13.1. The van der Waals surface area contributed by atoms with Gasteiger partial charge in [-0.15, -0.1) is 23.1 Å². The number of nitrogens with two attached hydrogens (primary N) is 1. The number of hydrogen-bond donors (Lipinski definition) is 3. The summed E-state index contributed by atoms with van der Waals surface area (Å²) in [6, 6.07) is 1.92. The van der Waals surface area contributed by atoms with Gasteiger partial charge in [-0.05, 0) is 25.7 Å². The predicted molar refractivity (Wildman–Crippen MR) is 164 cm³/mol. The summed E-state index contributed by atoms with van der Waals surface area (Å²) in [5.74, 6) is -2.24. The van der Waals surface area contributed by atoms with Crippen LogP contribution in [0.5, 0.6) is 0 Å². The lowest BCUT2D eigenvalue weighted by Gasteiger charge is -2.49. The largest absolute Gasteiger partial charge is 0.492 e. The quantitative estimate of drug-likeness (QED) is 0.0982. The fourth-order valence-electron chi connectivity index (χ4n) is 5.67. The molecule has 0 unspecified atom stereocenters. The van der Waals surface area contributed by atoms with Gasteiger partial charge in [-0.25, -0.2) is 9.78 Å². The molecule has 2 saturated heterocycles. The summed E-state index contributed by atoms with van der Waals surface area (Å²) in [7, 11) is 0. The van der Waals surface area contributed by atoms with E-state index in [0.717, 1.165) is 46.8 Å². The van der Waals surface area contributed by atoms with E-state index in [2.05, 4.69) is 15.5 Å². The SMILES string of the molecule is Nc1nc(/C(=N/OC2CCCC2)C(=O)N[C@@H]2C(=O)N3C(C(=O)O)=C(CSc4cc[n+](CC(=O)N5CCOCC5)cc4)OC[C@H]23)cs1. The molecule has 1 saturated carbocycles. The molecule has 3 fully saturated rings. The maximum atomic E-state index is 13.3. The van der Waals surface area contributed by atoms with Crippen LogP contribution in [0.15, 0.2) is 51.4 Å². The van der Waals surface area contributed by atoms with Crippen molar-refractivity contribution in [3.8, 4) is 0 Å². The number of β-lactam (4-membered cyclic amide) rings is 1. The summed E-state index contributed by atoms with van der Waals surface area (Å²) >= 11 is 2.48. The van der Waals surface area contributed by atoms with Crippen LogP contribution < -0.4 is 15.6 Å². The second kappa shape index (κ2) is 14.0. The number of fused-ring (bicyclic) bond motifs is 1. The average Bonchev–Trinajstić information content (AvgIpc) is 3.75. The number of rotatable bonds is 11. The highest BCUT2D eigenvalue weighted by Gasteiger charge is 2.55. The number of carbonyl (C=O) groups is 4. The minimum absolute atomic E-state index is 0.00347. The fraction of sp³-hybridized carbons (Fsp3) is 0.483. The third-order valence-corrected chi connectivity index (χ3v) is 9.82. The number of amides is 3. The van der Waals surface area contributed by atoms with E-state index in [-0.39, 0.29) is 58.9 Å². The number of nitrogen functional groups attached to an aromatic ring is 1. The minimum atomic E-state index is -1.31. The number of thioether (sulfide) groups is 1. The van der Waals surface area contributed by atoms with E-state index < -0.39 is 29.9 Å². The highest BCUT2D eigenvalue weighted by atomic mass is 32.2. The average molecular weight is 673 g/mol. The van der Waals surface area contributed by atoms with Crippen LogP contribution in [0.3, 0.4) is 0 Å². The number of aliphatic carboxylic acids is 1. The van der Waals surface area contributed by atoms with E-state index in [4.69, 9.17) is 20.0 Å².